The zero-order chi connectivity index (χ0) is 12.6. The molecule has 90 valence electrons. The Kier molecular flexibility index (Phi) is 5.99. The van der Waals surface area contributed by atoms with Gasteiger partial charge in [0, 0.05) is 14.2 Å². The highest BCUT2D eigenvalue weighted by Crippen LogP contribution is 2.06. The highest BCUT2D eigenvalue weighted by Gasteiger charge is 2.15. The molecule has 0 aliphatic carbocycles. The van der Waals surface area contributed by atoms with Crippen LogP contribution < -0.4 is 0 Å². The van der Waals surface area contributed by atoms with E-state index in [4.69, 9.17) is 20.6 Å². The summed E-state index contributed by atoms with van der Waals surface area (Å²) in [5, 5.41) is 50.9. The summed E-state index contributed by atoms with van der Waals surface area (Å²) >= 11 is 0. The number of hydrogen-bond donors (Lipinski definition) is 4. The number of aromatic nitrogens is 8. The summed E-state index contributed by atoms with van der Waals surface area (Å²) in [6.07, 6.45) is 0. The lowest BCUT2D eigenvalue weighted by molar-refractivity contribution is 0.131. The first-order chi connectivity index (χ1) is 7.79. The minimum atomic E-state index is -0.150. The summed E-state index contributed by atoms with van der Waals surface area (Å²) in [6.45, 7) is 0. The SMILES string of the molecule is CO.CO.On1nnnc1-c1nnnn1O. The van der Waals surface area contributed by atoms with Gasteiger partial charge in [0.05, 0.1) is 0 Å². The number of hydrogen-bond acceptors (Lipinski definition) is 10. The largest absolute Gasteiger partial charge is 0.409 e. The van der Waals surface area contributed by atoms with Crippen molar-refractivity contribution in [1.82, 2.24) is 40.7 Å². The lowest BCUT2D eigenvalue weighted by atomic mass is 10.6. The first kappa shape index (κ1) is 13.7. The Balaban J connectivity index is 0.000000509. The van der Waals surface area contributed by atoms with Gasteiger partial charge >= 0.3 is 0 Å². The molecular weight excluding hydrogens is 224 g/mol. The van der Waals surface area contributed by atoms with Gasteiger partial charge in [-0.3, -0.25) is 0 Å². The molecule has 2 heterocycles. The normalized spacial score (nSPS) is 8.50. The van der Waals surface area contributed by atoms with E-state index in [2.05, 4.69) is 31.1 Å². The average Bonchev–Trinajstić information content (AvgIpc) is 2.93. The van der Waals surface area contributed by atoms with Gasteiger partial charge in [-0.25, -0.2) is 0 Å². The van der Waals surface area contributed by atoms with E-state index in [9.17, 15) is 0 Å². The molecule has 0 aliphatic rings. The van der Waals surface area contributed by atoms with Crippen LogP contribution in [0.1, 0.15) is 0 Å². The van der Waals surface area contributed by atoms with Crippen molar-refractivity contribution in [1.29, 1.82) is 0 Å². The summed E-state index contributed by atoms with van der Waals surface area (Å²) in [4.78, 5) is 0.691. The molecule has 0 bridgehead atoms. The number of nitrogens with zero attached hydrogens (tertiary/aromatic N) is 8. The van der Waals surface area contributed by atoms with Crippen LogP contribution in [-0.4, -0.2) is 75.6 Å². The Morgan fingerprint density at radius 2 is 1.06 bits per heavy atom. The van der Waals surface area contributed by atoms with Crippen LogP contribution in [-0.2, 0) is 0 Å². The van der Waals surface area contributed by atoms with Gasteiger partial charge in [0.1, 0.15) is 0 Å². The topological polar surface area (TPSA) is 168 Å². The molecule has 2 aromatic heterocycles. The van der Waals surface area contributed by atoms with E-state index < -0.39 is 0 Å². The molecule has 0 fully saturated rings. The molecule has 0 amide bonds. The fourth-order valence-corrected chi connectivity index (χ4v) is 0.634. The highest BCUT2D eigenvalue weighted by atomic mass is 16.5. The lowest BCUT2D eigenvalue weighted by Gasteiger charge is -1.91. The summed E-state index contributed by atoms with van der Waals surface area (Å²) in [5.41, 5.74) is 0. The van der Waals surface area contributed by atoms with Crippen molar-refractivity contribution in [3.63, 3.8) is 0 Å². The van der Waals surface area contributed by atoms with Crippen molar-refractivity contribution in [2.45, 2.75) is 0 Å². The standard InChI is InChI=1S/C2H2N8O2.2CH4O/c11-9-1(3-5-7-9)2-4-6-8-10(2)12;2*1-2/h11-12H;2*2H,1H3. The minimum absolute atomic E-state index is 0.150. The molecule has 12 heteroatoms. The molecule has 2 aromatic rings. The highest BCUT2D eigenvalue weighted by molar-refractivity contribution is 5.39. The van der Waals surface area contributed by atoms with E-state index in [1.54, 1.807) is 0 Å². The maximum atomic E-state index is 8.91. The molecule has 4 N–H and O–H groups in total. The Bertz CT molecular complexity index is 360. The second kappa shape index (κ2) is 7.02. The van der Waals surface area contributed by atoms with Crippen molar-refractivity contribution >= 4 is 0 Å². The maximum Gasteiger partial charge on any atom is 0.264 e. The van der Waals surface area contributed by atoms with Crippen molar-refractivity contribution in [2.24, 2.45) is 0 Å². The van der Waals surface area contributed by atoms with Gasteiger partial charge < -0.3 is 20.6 Å². The van der Waals surface area contributed by atoms with Gasteiger partial charge in [-0.2, -0.15) is 0 Å². The Morgan fingerprint density at radius 3 is 1.25 bits per heavy atom. The van der Waals surface area contributed by atoms with Crippen LogP contribution in [0.15, 0.2) is 0 Å². The molecular formula is C4H10N8O4. The third-order valence-electron chi connectivity index (χ3n) is 1.11. The van der Waals surface area contributed by atoms with Crippen LogP contribution in [0.2, 0.25) is 0 Å². The second-order valence-corrected chi connectivity index (χ2v) is 1.78. The Morgan fingerprint density at radius 1 is 0.750 bits per heavy atom. The molecule has 0 saturated carbocycles. The van der Waals surface area contributed by atoms with Crippen LogP contribution in [0.4, 0.5) is 0 Å². The molecule has 0 radical (unpaired) electrons. The van der Waals surface area contributed by atoms with E-state index in [0.29, 0.717) is 9.69 Å². The lowest BCUT2D eigenvalue weighted by Crippen LogP contribution is -2.03. The van der Waals surface area contributed by atoms with Gasteiger partial charge in [-0.15, -0.1) is 10.2 Å². The Labute approximate surface area is 88.3 Å². The van der Waals surface area contributed by atoms with E-state index in [-0.39, 0.29) is 11.6 Å². The molecule has 12 nitrogen and oxygen atoms in total. The van der Waals surface area contributed by atoms with Gasteiger partial charge in [-0.05, 0) is 20.9 Å². The first-order valence-corrected chi connectivity index (χ1v) is 3.64. The van der Waals surface area contributed by atoms with Gasteiger partial charge in [-0.1, -0.05) is 9.69 Å². The van der Waals surface area contributed by atoms with Crippen LogP contribution in [0.5, 0.6) is 0 Å². The van der Waals surface area contributed by atoms with Crippen LogP contribution >= 0.6 is 0 Å². The van der Waals surface area contributed by atoms with Gasteiger partial charge in [0.2, 0.25) is 0 Å². The monoisotopic (exact) mass is 234 g/mol. The summed E-state index contributed by atoms with van der Waals surface area (Å²) in [5.74, 6) is -0.301. The smallest absolute Gasteiger partial charge is 0.264 e. The molecule has 0 atom stereocenters. The third kappa shape index (κ3) is 2.82. The molecule has 0 saturated heterocycles. The van der Waals surface area contributed by atoms with Crippen molar-refractivity contribution in [3.05, 3.63) is 0 Å². The van der Waals surface area contributed by atoms with Crippen molar-refractivity contribution in [2.75, 3.05) is 14.2 Å². The number of rotatable bonds is 1. The van der Waals surface area contributed by atoms with Crippen LogP contribution in [0.25, 0.3) is 11.6 Å². The molecule has 0 unspecified atom stereocenters. The predicted molar refractivity (Wildman–Crippen MR) is 45.3 cm³/mol. The van der Waals surface area contributed by atoms with E-state index >= 15 is 0 Å². The molecule has 16 heavy (non-hydrogen) atoms. The molecule has 0 aromatic carbocycles. The minimum Gasteiger partial charge on any atom is -0.409 e. The quantitative estimate of drug-likeness (QED) is 0.373. The summed E-state index contributed by atoms with van der Waals surface area (Å²) < 4.78 is 0. The molecule has 2 rings (SSSR count). The molecule has 0 spiro atoms. The first-order valence-electron chi connectivity index (χ1n) is 3.64. The van der Waals surface area contributed by atoms with E-state index in [1.165, 1.54) is 0 Å². The Hall–Kier alpha value is -2.34. The maximum absolute atomic E-state index is 8.91. The fourth-order valence-electron chi connectivity index (χ4n) is 0.634. The summed E-state index contributed by atoms with van der Waals surface area (Å²) in [6, 6.07) is 0. The fraction of sp³-hybridized carbons (Fsp3) is 0.500. The van der Waals surface area contributed by atoms with Crippen molar-refractivity contribution in [3.8, 4) is 11.6 Å². The van der Waals surface area contributed by atoms with Gasteiger partial charge in [0.25, 0.3) is 11.6 Å². The molecule has 0 aliphatic heterocycles. The van der Waals surface area contributed by atoms with Crippen LogP contribution in [0, 0.1) is 0 Å². The average molecular weight is 234 g/mol. The third-order valence-corrected chi connectivity index (χ3v) is 1.11. The number of aliphatic hydroxyl groups is 2. The number of tetrazole rings is 2. The van der Waals surface area contributed by atoms with Crippen LogP contribution in [0.3, 0.4) is 0 Å². The van der Waals surface area contributed by atoms with Gasteiger partial charge in [0.15, 0.2) is 0 Å². The zero-order valence-corrected chi connectivity index (χ0v) is 8.37. The van der Waals surface area contributed by atoms with E-state index in [1.807, 2.05) is 0 Å². The van der Waals surface area contributed by atoms with Crippen molar-refractivity contribution < 1.29 is 20.6 Å². The van der Waals surface area contributed by atoms with E-state index in [0.717, 1.165) is 14.2 Å². The second-order valence-electron chi connectivity index (χ2n) is 1.78. The number of aliphatic hydroxyl groups excluding tert-OH is 2. The zero-order valence-electron chi connectivity index (χ0n) is 8.37. The summed E-state index contributed by atoms with van der Waals surface area (Å²) in [7, 11) is 2.00. The predicted octanol–water partition coefficient (Wildman–Crippen LogP) is -2.98.